The monoisotopic (exact) mass is 198 g/mol. The lowest BCUT2D eigenvalue weighted by molar-refractivity contribution is -0.144. The van der Waals surface area contributed by atoms with Crippen molar-refractivity contribution in [2.45, 2.75) is 6.42 Å². The molecule has 2 N–H and O–H groups in total. The molecule has 0 fully saturated rings. The Balaban J connectivity index is 3.12. The van der Waals surface area contributed by atoms with Gasteiger partial charge in [-0.3, -0.25) is 14.4 Å². The highest BCUT2D eigenvalue weighted by Crippen LogP contribution is 2.17. The number of rotatable bonds is 2. The van der Waals surface area contributed by atoms with Gasteiger partial charge in [-0.25, -0.2) is 4.79 Å². The molecule has 0 heterocycles. The van der Waals surface area contributed by atoms with Crippen molar-refractivity contribution in [1.82, 2.24) is 0 Å². The minimum Gasteiger partial charge on any atom is -0.480 e. The molecule has 1 rings (SSSR count). The molecule has 14 heavy (non-hydrogen) atoms. The molecule has 0 bridgehead atoms. The van der Waals surface area contributed by atoms with Gasteiger partial charge in [-0.05, 0) is 6.08 Å². The summed E-state index contributed by atoms with van der Waals surface area (Å²) < 4.78 is 0. The number of Topliss-reactive ketones (excluding diaryl/α,β-unsaturated/α-hetero) is 2. The van der Waals surface area contributed by atoms with Gasteiger partial charge in [-0.1, -0.05) is 0 Å². The van der Waals surface area contributed by atoms with Crippen molar-refractivity contribution < 1.29 is 29.4 Å². The summed E-state index contributed by atoms with van der Waals surface area (Å²) in [5.74, 6) is -6.10. The first-order valence-corrected chi connectivity index (χ1v) is 3.67. The number of carboxylic acids is 2. The molecule has 0 saturated carbocycles. The maximum Gasteiger partial charge on any atom is 0.339 e. The fourth-order valence-corrected chi connectivity index (χ4v) is 1.12. The molecule has 0 spiro atoms. The first-order chi connectivity index (χ1) is 6.43. The molecule has 0 amide bonds. The predicted molar refractivity (Wildman–Crippen MR) is 41.5 cm³/mol. The van der Waals surface area contributed by atoms with Gasteiger partial charge in [0.25, 0.3) is 0 Å². The largest absolute Gasteiger partial charge is 0.480 e. The number of carboxylic acid groups (broad SMARTS) is 2. The summed E-state index contributed by atoms with van der Waals surface area (Å²) in [6.07, 6.45) is 0.0218. The van der Waals surface area contributed by atoms with Gasteiger partial charge in [0, 0.05) is 0 Å². The molecule has 74 valence electrons. The molecule has 0 aromatic heterocycles. The average Bonchev–Trinajstić information content (AvgIpc) is 2.02. The molecule has 1 unspecified atom stereocenters. The van der Waals surface area contributed by atoms with Crippen LogP contribution in [0.4, 0.5) is 0 Å². The lowest BCUT2D eigenvalue weighted by atomic mass is 9.88. The molecule has 0 saturated heterocycles. The van der Waals surface area contributed by atoms with E-state index in [1.807, 2.05) is 0 Å². The Kier molecular flexibility index (Phi) is 2.46. The maximum atomic E-state index is 11.0. The zero-order valence-corrected chi connectivity index (χ0v) is 6.89. The Labute approximate surface area is 77.8 Å². The first kappa shape index (κ1) is 10.1. The lowest BCUT2D eigenvalue weighted by Gasteiger charge is -2.13. The van der Waals surface area contributed by atoms with E-state index in [1.54, 1.807) is 0 Å². The molecule has 0 aromatic rings. The fourth-order valence-electron chi connectivity index (χ4n) is 1.12. The quantitative estimate of drug-likeness (QED) is 0.446. The van der Waals surface area contributed by atoms with Crippen molar-refractivity contribution in [3.8, 4) is 0 Å². The number of hydrogen-bond donors (Lipinski definition) is 2. The molecule has 1 atom stereocenters. The van der Waals surface area contributed by atoms with Crippen molar-refractivity contribution >= 4 is 23.5 Å². The van der Waals surface area contributed by atoms with E-state index in [9.17, 15) is 19.2 Å². The van der Waals surface area contributed by atoms with E-state index in [0.29, 0.717) is 6.08 Å². The number of carbonyl (C=O) groups excluding carboxylic acids is 2. The molecule has 0 aromatic carbocycles. The molecule has 6 heteroatoms. The first-order valence-electron chi connectivity index (χ1n) is 3.67. The van der Waals surface area contributed by atoms with Crippen LogP contribution in [0.25, 0.3) is 0 Å². The molecular formula is C8H6O6. The molecule has 6 nitrogen and oxygen atoms in total. The Bertz CT molecular complexity index is 364. The minimum absolute atomic E-state index is 0.628. The van der Waals surface area contributed by atoms with Crippen LogP contribution in [0.2, 0.25) is 0 Å². The van der Waals surface area contributed by atoms with Gasteiger partial charge in [0.2, 0.25) is 0 Å². The van der Waals surface area contributed by atoms with E-state index in [1.165, 1.54) is 0 Å². The highest BCUT2D eigenvalue weighted by atomic mass is 16.4. The van der Waals surface area contributed by atoms with Gasteiger partial charge >= 0.3 is 11.9 Å². The van der Waals surface area contributed by atoms with Gasteiger partial charge in [0.15, 0.2) is 11.6 Å². The maximum absolute atomic E-state index is 11.0. The highest BCUT2D eigenvalue weighted by molar-refractivity contribution is 6.26. The zero-order chi connectivity index (χ0) is 10.9. The van der Waals surface area contributed by atoms with Crippen LogP contribution < -0.4 is 0 Å². The highest BCUT2D eigenvalue weighted by Gasteiger charge is 2.34. The molecule has 1 aliphatic rings. The van der Waals surface area contributed by atoms with E-state index < -0.39 is 41.4 Å². The second-order valence-electron chi connectivity index (χ2n) is 2.77. The van der Waals surface area contributed by atoms with E-state index in [-0.39, 0.29) is 0 Å². The SMILES string of the molecule is O=C(O)C1=CC(C(=O)O)C(=O)CC1=O. The zero-order valence-electron chi connectivity index (χ0n) is 6.89. The van der Waals surface area contributed by atoms with Crippen molar-refractivity contribution in [1.29, 1.82) is 0 Å². The summed E-state index contributed by atoms with van der Waals surface area (Å²) in [7, 11) is 0. The minimum atomic E-state index is -1.52. The van der Waals surface area contributed by atoms with Crippen molar-refractivity contribution in [3.63, 3.8) is 0 Å². The Morgan fingerprint density at radius 1 is 1.29 bits per heavy atom. The normalized spacial score (nSPS) is 21.7. The topological polar surface area (TPSA) is 109 Å². The summed E-state index contributed by atoms with van der Waals surface area (Å²) >= 11 is 0. The third-order valence-electron chi connectivity index (χ3n) is 1.81. The van der Waals surface area contributed by atoms with Gasteiger partial charge in [-0.15, -0.1) is 0 Å². The van der Waals surface area contributed by atoms with Gasteiger partial charge < -0.3 is 10.2 Å². The number of ketones is 2. The smallest absolute Gasteiger partial charge is 0.339 e. The number of carbonyl (C=O) groups is 4. The fraction of sp³-hybridized carbons (Fsp3) is 0.250. The van der Waals surface area contributed by atoms with Crippen LogP contribution in [0.3, 0.4) is 0 Å². The summed E-state index contributed by atoms with van der Waals surface area (Å²) in [6.45, 7) is 0. The molecule has 1 aliphatic carbocycles. The third kappa shape index (κ3) is 1.68. The van der Waals surface area contributed by atoms with Crippen LogP contribution in [0.15, 0.2) is 11.6 Å². The van der Waals surface area contributed by atoms with E-state index >= 15 is 0 Å². The van der Waals surface area contributed by atoms with Crippen molar-refractivity contribution in [3.05, 3.63) is 11.6 Å². The van der Waals surface area contributed by atoms with Gasteiger partial charge in [-0.2, -0.15) is 0 Å². The van der Waals surface area contributed by atoms with Crippen LogP contribution in [-0.4, -0.2) is 33.7 Å². The van der Waals surface area contributed by atoms with E-state index in [4.69, 9.17) is 10.2 Å². The summed E-state index contributed by atoms with van der Waals surface area (Å²) in [5.41, 5.74) is -0.628. The Hall–Kier alpha value is -1.98. The van der Waals surface area contributed by atoms with Crippen LogP contribution in [0.1, 0.15) is 6.42 Å². The van der Waals surface area contributed by atoms with E-state index in [0.717, 1.165) is 0 Å². The van der Waals surface area contributed by atoms with Crippen molar-refractivity contribution in [2.75, 3.05) is 0 Å². The second-order valence-corrected chi connectivity index (χ2v) is 2.77. The average molecular weight is 198 g/mol. The van der Waals surface area contributed by atoms with Crippen LogP contribution in [0, 0.1) is 5.92 Å². The standard InChI is InChI=1S/C8H6O6/c9-5-2-6(10)4(8(13)14)1-3(5)7(11)12/h1,3H,2H2,(H,11,12)(H,13,14). The van der Waals surface area contributed by atoms with Gasteiger partial charge in [0.05, 0.1) is 6.42 Å². The van der Waals surface area contributed by atoms with Crippen LogP contribution in [0.5, 0.6) is 0 Å². The molecule has 0 radical (unpaired) electrons. The Morgan fingerprint density at radius 2 is 1.86 bits per heavy atom. The third-order valence-corrected chi connectivity index (χ3v) is 1.81. The predicted octanol–water partition coefficient (Wildman–Crippen LogP) is -0.760. The second kappa shape index (κ2) is 3.41. The van der Waals surface area contributed by atoms with Gasteiger partial charge in [0.1, 0.15) is 11.5 Å². The molecule has 0 aliphatic heterocycles. The summed E-state index contributed by atoms with van der Waals surface area (Å²) in [6, 6.07) is 0. The van der Waals surface area contributed by atoms with Crippen LogP contribution in [-0.2, 0) is 19.2 Å². The summed E-state index contributed by atoms with van der Waals surface area (Å²) in [5, 5.41) is 17.0. The Morgan fingerprint density at radius 3 is 2.29 bits per heavy atom. The lowest BCUT2D eigenvalue weighted by Crippen LogP contribution is -2.31. The number of aliphatic carboxylic acids is 2. The van der Waals surface area contributed by atoms with Crippen molar-refractivity contribution in [2.24, 2.45) is 5.92 Å². The van der Waals surface area contributed by atoms with E-state index in [2.05, 4.69) is 0 Å². The number of hydrogen-bond acceptors (Lipinski definition) is 4. The van der Waals surface area contributed by atoms with Crippen LogP contribution >= 0.6 is 0 Å². The molecular weight excluding hydrogens is 192 g/mol. The summed E-state index contributed by atoms with van der Waals surface area (Å²) in [4.78, 5) is 42.8.